The average molecular weight is 463 g/mol. The fraction of sp³-hybridized carbons (Fsp3) is 0.708. The Morgan fingerprint density at radius 1 is 0.774 bits per heavy atom. The minimum atomic E-state index is -3.80. The largest absolute Gasteiger partial charge is 1.00 e. The summed E-state index contributed by atoms with van der Waals surface area (Å²) in [5, 5.41) is 0. The Morgan fingerprint density at radius 3 is 1.58 bits per heavy atom. The zero-order valence-electron chi connectivity index (χ0n) is 20.8. The van der Waals surface area contributed by atoms with Gasteiger partial charge in [0.05, 0.1) is 4.90 Å². The summed E-state index contributed by atoms with van der Waals surface area (Å²) in [5.41, 5.74) is 6.04. The van der Waals surface area contributed by atoms with Crippen LogP contribution in [0.25, 0.3) is 0 Å². The molecule has 0 atom stereocenters. The summed E-state index contributed by atoms with van der Waals surface area (Å²) >= 11 is 0. The monoisotopic (exact) mass is 462 g/mol. The number of anilines is 1. The first kappa shape index (κ1) is 30.4. The first-order valence-corrected chi connectivity index (χ1v) is 13.3. The molecule has 1 aromatic carbocycles. The molecule has 3 N–H and O–H groups in total. The number of sulfonamides is 1. The summed E-state index contributed by atoms with van der Waals surface area (Å²) in [4.78, 5) is 12.0. The fourth-order valence-corrected chi connectivity index (χ4v) is 4.58. The van der Waals surface area contributed by atoms with Crippen molar-refractivity contribution in [3.8, 4) is 0 Å². The van der Waals surface area contributed by atoms with Gasteiger partial charge in [0.25, 0.3) is 10.0 Å². The number of carbonyl (C=O) groups is 1. The molecule has 0 bridgehead atoms. The number of hydrogen-bond acceptors (Lipinski definition) is 4. The predicted molar refractivity (Wildman–Crippen MR) is 127 cm³/mol. The molecule has 5 nitrogen and oxygen atoms in total. The van der Waals surface area contributed by atoms with Crippen LogP contribution in [0.15, 0.2) is 29.2 Å². The molecule has 0 saturated heterocycles. The van der Waals surface area contributed by atoms with Gasteiger partial charge in [-0.05, 0) is 30.7 Å². The van der Waals surface area contributed by atoms with Crippen LogP contribution in [0.4, 0.5) is 5.69 Å². The molecule has 174 valence electrons. The van der Waals surface area contributed by atoms with Gasteiger partial charge in [0, 0.05) is 12.1 Å². The summed E-state index contributed by atoms with van der Waals surface area (Å²) in [7, 11) is -3.80. The van der Waals surface area contributed by atoms with Gasteiger partial charge in [0.2, 0.25) is 5.91 Å². The predicted octanol–water partition coefficient (Wildman–Crippen LogP) is 3.45. The van der Waals surface area contributed by atoms with Crippen molar-refractivity contribution in [1.82, 2.24) is 4.72 Å². The van der Waals surface area contributed by atoms with Gasteiger partial charge in [0.1, 0.15) is 0 Å². The second kappa shape index (κ2) is 19.0. The first-order chi connectivity index (χ1) is 14.5. The molecule has 0 fully saturated rings. The Labute approximate surface area is 214 Å². The molecule has 0 heterocycles. The van der Waals surface area contributed by atoms with E-state index in [4.69, 9.17) is 5.73 Å². The van der Waals surface area contributed by atoms with Crippen LogP contribution < -0.4 is 40.0 Å². The molecule has 0 saturated carbocycles. The summed E-state index contributed by atoms with van der Waals surface area (Å²) < 4.78 is 26.4. The molecular weight excluding hydrogens is 419 g/mol. The maximum absolute atomic E-state index is 12.1. The molecular formula is C24H43N2NaO3S. The second-order valence-electron chi connectivity index (χ2n) is 8.30. The fourth-order valence-electron chi connectivity index (χ4n) is 3.56. The van der Waals surface area contributed by atoms with Crippen LogP contribution in [-0.4, -0.2) is 14.3 Å². The summed E-state index contributed by atoms with van der Waals surface area (Å²) in [6.45, 7) is 2.26. The third-order valence-corrected chi connectivity index (χ3v) is 6.84. The van der Waals surface area contributed by atoms with Crippen molar-refractivity contribution in [3.05, 3.63) is 24.3 Å². The van der Waals surface area contributed by atoms with Gasteiger partial charge < -0.3 is 7.16 Å². The normalized spacial score (nSPS) is 11.1. The standard InChI is InChI=1S/C24H42N2O3S.Na.H/c1-2-3-4-5-6-7-8-9-10-11-12-13-14-15-16-17-24(27)26-30(28,29)23-20-18-22(25)19-21-23;;/h18-21H,2-17,25H2,1H3,(H,26,27);;/q;+1;-1. The van der Waals surface area contributed by atoms with E-state index in [1.165, 1.54) is 101 Å². The van der Waals surface area contributed by atoms with Crippen molar-refractivity contribution in [2.24, 2.45) is 0 Å². The SMILES string of the molecule is CCCCCCCCCCCCCCCCCC(=O)NS(=O)(=O)c1ccc(N)cc1.[H-].[Na+]. The molecule has 1 amide bonds. The minimum absolute atomic E-state index is 0. The number of hydrogen-bond donors (Lipinski definition) is 2. The van der Waals surface area contributed by atoms with Crippen LogP contribution in [0, 0.1) is 0 Å². The van der Waals surface area contributed by atoms with Gasteiger partial charge >= 0.3 is 29.6 Å². The van der Waals surface area contributed by atoms with E-state index < -0.39 is 15.9 Å². The summed E-state index contributed by atoms with van der Waals surface area (Å²) in [6.07, 6.45) is 19.2. The molecule has 0 spiro atoms. The Kier molecular flexibility index (Phi) is 18.6. The van der Waals surface area contributed by atoms with Gasteiger partial charge in [0.15, 0.2) is 0 Å². The number of benzene rings is 1. The minimum Gasteiger partial charge on any atom is -1.00 e. The summed E-state index contributed by atoms with van der Waals surface area (Å²) in [6, 6.07) is 5.82. The number of unbranched alkanes of at least 4 members (excludes halogenated alkanes) is 14. The van der Waals surface area contributed by atoms with E-state index >= 15 is 0 Å². The van der Waals surface area contributed by atoms with E-state index in [1.54, 1.807) is 0 Å². The third kappa shape index (κ3) is 15.8. The van der Waals surface area contributed by atoms with Crippen LogP contribution in [0.3, 0.4) is 0 Å². The van der Waals surface area contributed by atoms with Crippen molar-refractivity contribution in [3.63, 3.8) is 0 Å². The molecule has 0 unspecified atom stereocenters. The molecule has 7 heteroatoms. The molecule has 31 heavy (non-hydrogen) atoms. The topological polar surface area (TPSA) is 89.3 Å². The molecule has 0 radical (unpaired) electrons. The molecule has 0 aliphatic heterocycles. The summed E-state index contributed by atoms with van der Waals surface area (Å²) in [5.74, 6) is -0.443. The second-order valence-corrected chi connectivity index (χ2v) is 9.98. The number of amides is 1. The maximum atomic E-state index is 12.1. The van der Waals surface area contributed by atoms with Crippen LogP contribution in [-0.2, 0) is 14.8 Å². The van der Waals surface area contributed by atoms with Crippen LogP contribution >= 0.6 is 0 Å². The van der Waals surface area contributed by atoms with Crippen LogP contribution in [0.2, 0.25) is 0 Å². The van der Waals surface area contributed by atoms with E-state index in [1.807, 2.05) is 0 Å². The van der Waals surface area contributed by atoms with Gasteiger partial charge in [-0.3, -0.25) is 4.79 Å². The van der Waals surface area contributed by atoms with E-state index in [0.29, 0.717) is 5.69 Å². The zero-order chi connectivity index (χ0) is 22.1. The number of carbonyl (C=O) groups excluding carboxylic acids is 1. The quantitative estimate of drug-likeness (QED) is 0.199. The van der Waals surface area contributed by atoms with Crippen LogP contribution in [0.5, 0.6) is 0 Å². The van der Waals surface area contributed by atoms with Crippen molar-refractivity contribution in [1.29, 1.82) is 0 Å². The molecule has 1 rings (SSSR count). The Hall–Kier alpha value is -0.560. The van der Waals surface area contributed by atoms with Gasteiger partial charge in [-0.2, -0.15) is 0 Å². The van der Waals surface area contributed by atoms with Crippen molar-refractivity contribution in [2.75, 3.05) is 5.73 Å². The average Bonchev–Trinajstić information content (AvgIpc) is 2.71. The Balaban J connectivity index is 0. The maximum Gasteiger partial charge on any atom is 1.00 e. The number of rotatable bonds is 18. The van der Waals surface area contributed by atoms with Gasteiger partial charge in [-0.1, -0.05) is 96.8 Å². The van der Waals surface area contributed by atoms with Crippen LogP contribution in [0.1, 0.15) is 111 Å². The van der Waals surface area contributed by atoms with E-state index in [0.717, 1.165) is 19.3 Å². The molecule has 1 aromatic rings. The van der Waals surface area contributed by atoms with E-state index in [2.05, 4.69) is 11.6 Å². The third-order valence-electron chi connectivity index (χ3n) is 5.45. The van der Waals surface area contributed by atoms with Crippen molar-refractivity contribution >= 4 is 21.6 Å². The van der Waals surface area contributed by atoms with Crippen molar-refractivity contribution < 1.29 is 44.2 Å². The zero-order valence-corrected chi connectivity index (χ0v) is 22.6. The molecule has 0 aliphatic carbocycles. The Bertz CT molecular complexity index is 685. The number of nitrogens with two attached hydrogens (primary N) is 1. The van der Waals surface area contributed by atoms with E-state index in [-0.39, 0.29) is 42.3 Å². The van der Waals surface area contributed by atoms with E-state index in [9.17, 15) is 13.2 Å². The molecule has 0 aliphatic rings. The Morgan fingerprint density at radius 2 is 1.16 bits per heavy atom. The number of nitrogen functional groups attached to an aromatic ring is 1. The number of nitrogens with one attached hydrogen (secondary N) is 1. The smallest absolute Gasteiger partial charge is 1.00 e. The van der Waals surface area contributed by atoms with Gasteiger partial charge in [-0.15, -0.1) is 0 Å². The molecule has 0 aromatic heterocycles. The van der Waals surface area contributed by atoms with Crippen molar-refractivity contribution in [2.45, 2.75) is 115 Å². The van der Waals surface area contributed by atoms with Gasteiger partial charge in [-0.25, -0.2) is 13.1 Å². The first-order valence-electron chi connectivity index (χ1n) is 11.9.